The van der Waals surface area contributed by atoms with Gasteiger partial charge in [0.25, 0.3) is 5.91 Å². The van der Waals surface area contributed by atoms with Gasteiger partial charge in [-0.3, -0.25) is 4.79 Å². The fourth-order valence-electron chi connectivity index (χ4n) is 1.25. The average molecular weight is 217 g/mol. The molecule has 0 aliphatic heterocycles. The second-order valence-electron chi connectivity index (χ2n) is 3.69. The second kappa shape index (κ2) is 5.29. The lowest BCUT2D eigenvalue weighted by Gasteiger charge is -2.23. The molecule has 0 bridgehead atoms. The Balaban J connectivity index is 2.85. The molecule has 4 heteroatoms. The maximum atomic E-state index is 11.9. The van der Waals surface area contributed by atoms with E-state index in [2.05, 4.69) is 0 Å². The molecule has 0 heterocycles. The Hall–Kier alpha value is -1.86. The Morgan fingerprint density at radius 2 is 2.06 bits per heavy atom. The first-order chi connectivity index (χ1) is 7.60. The van der Waals surface area contributed by atoms with Crippen molar-refractivity contribution < 1.29 is 4.79 Å². The number of rotatable bonds is 3. The molecule has 0 aromatic heterocycles. The molecule has 1 aromatic carbocycles. The molecule has 0 fully saturated rings. The largest absolute Gasteiger partial charge is 0.338 e. The van der Waals surface area contributed by atoms with Crippen LogP contribution in [0.1, 0.15) is 22.8 Å². The standard InChI is InChI=1S/C12H15N3O/c1-9(7-13)15(2)12(16)11-5-3-10(8-14)4-6-11/h3-6,9H,7,13H2,1-2H3/t9-/m1/s1. The molecular formula is C12H15N3O. The summed E-state index contributed by atoms with van der Waals surface area (Å²) in [6.07, 6.45) is 0. The number of nitrogens with two attached hydrogens (primary N) is 1. The number of likely N-dealkylation sites (N-methyl/N-ethyl adjacent to an activating group) is 1. The van der Waals surface area contributed by atoms with Crippen LogP contribution in [0.4, 0.5) is 0 Å². The van der Waals surface area contributed by atoms with Gasteiger partial charge in [-0.1, -0.05) is 0 Å². The Morgan fingerprint density at radius 1 is 1.50 bits per heavy atom. The van der Waals surface area contributed by atoms with Crippen molar-refractivity contribution in [2.75, 3.05) is 13.6 Å². The molecule has 4 nitrogen and oxygen atoms in total. The van der Waals surface area contributed by atoms with E-state index in [1.54, 1.807) is 36.2 Å². The molecule has 0 radical (unpaired) electrons. The molecule has 2 N–H and O–H groups in total. The van der Waals surface area contributed by atoms with Crippen LogP contribution in [0.25, 0.3) is 0 Å². The van der Waals surface area contributed by atoms with E-state index in [-0.39, 0.29) is 11.9 Å². The third-order valence-electron chi connectivity index (χ3n) is 2.58. The minimum atomic E-state index is -0.0811. The monoisotopic (exact) mass is 217 g/mol. The first kappa shape index (κ1) is 12.2. The zero-order chi connectivity index (χ0) is 12.1. The number of hydrogen-bond donors (Lipinski definition) is 1. The van der Waals surface area contributed by atoms with E-state index in [9.17, 15) is 4.79 Å². The molecule has 1 atom stereocenters. The first-order valence-corrected chi connectivity index (χ1v) is 5.07. The maximum absolute atomic E-state index is 11.9. The molecular weight excluding hydrogens is 202 g/mol. The third-order valence-corrected chi connectivity index (χ3v) is 2.58. The molecule has 1 amide bonds. The van der Waals surface area contributed by atoms with Gasteiger partial charge in [-0.25, -0.2) is 0 Å². The first-order valence-electron chi connectivity index (χ1n) is 5.07. The lowest BCUT2D eigenvalue weighted by atomic mass is 10.1. The normalized spacial score (nSPS) is 11.6. The summed E-state index contributed by atoms with van der Waals surface area (Å²) in [7, 11) is 1.72. The molecule has 0 aliphatic rings. The van der Waals surface area contributed by atoms with Crippen LogP contribution in [-0.4, -0.2) is 30.4 Å². The summed E-state index contributed by atoms with van der Waals surface area (Å²) in [6, 6.07) is 8.59. The summed E-state index contributed by atoms with van der Waals surface area (Å²) in [6.45, 7) is 2.32. The van der Waals surface area contributed by atoms with Gasteiger partial charge in [0.2, 0.25) is 0 Å². The van der Waals surface area contributed by atoms with Crippen molar-refractivity contribution in [1.82, 2.24) is 4.90 Å². The minimum Gasteiger partial charge on any atom is -0.338 e. The molecule has 1 aromatic rings. The van der Waals surface area contributed by atoms with Crippen molar-refractivity contribution in [2.45, 2.75) is 13.0 Å². The SMILES string of the molecule is C[C@H](CN)N(C)C(=O)c1ccc(C#N)cc1. The quantitative estimate of drug-likeness (QED) is 0.820. The van der Waals surface area contributed by atoms with Gasteiger partial charge < -0.3 is 10.6 Å². The van der Waals surface area contributed by atoms with Crippen LogP contribution in [0.15, 0.2) is 24.3 Å². The molecule has 16 heavy (non-hydrogen) atoms. The molecule has 0 saturated heterocycles. The lowest BCUT2D eigenvalue weighted by Crippen LogP contribution is -2.39. The summed E-state index contributed by atoms with van der Waals surface area (Å²) in [5.41, 5.74) is 6.62. The topological polar surface area (TPSA) is 70.1 Å². The summed E-state index contributed by atoms with van der Waals surface area (Å²) < 4.78 is 0. The van der Waals surface area contributed by atoms with E-state index >= 15 is 0 Å². The zero-order valence-electron chi connectivity index (χ0n) is 9.47. The third kappa shape index (κ3) is 2.59. The van der Waals surface area contributed by atoms with Crippen LogP contribution in [0.3, 0.4) is 0 Å². The number of carbonyl (C=O) groups excluding carboxylic acids is 1. The van der Waals surface area contributed by atoms with Gasteiger partial charge in [-0.05, 0) is 31.2 Å². The number of hydrogen-bond acceptors (Lipinski definition) is 3. The average Bonchev–Trinajstić information content (AvgIpc) is 2.36. The van der Waals surface area contributed by atoms with Crippen LogP contribution in [0.2, 0.25) is 0 Å². The highest BCUT2D eigenvalue weighted by atomic mass is 16.2. The van der Waals surface area contributed by atoms with E-state index in [4.69, 9.17) is 11.0 Å². The van der Waals surface area contributed by atoms with Gasteiger partial charge in [-0.15, -0.1) is 0 Å². The highest BCUT2D eigenvalue weighted by Crippen LogP contribution is 2.08. The van der Waals surface area contributed by atoms with E-state index in [1.165, 1.54) is 0 Å². The van der Waals surface area contributed by atoms with Crippen LogP contribution in [-0.2, 0) is 0 Å². The zero-order valence-corrected chi connectivity index (χ0v) is 9.47. The van der Waals surface area contributed by atoms with Gasteiger partial charge in [-0.2, -0.15) is 5.26 Å². The Bertz CT molecular complexity index is 405. The smallest absolute Gasteiger partial charge is 0.253 e. The Labute approximate surface area is 95.3 Å². The Morgan fingerprint density at radius 3 is 2.50 bits per heavy atom. The summed E-state index contributed by atoms with van der Waals surface area (Å²) in [4.78, 5) is 13.5. The maximum Gasteiger partial charge on any atom is 0.253 e. The van der Waals surface area contributed by atoms with E-state index < -0.39 is 0 Å². The summed E-state index contributed by atoms with van der Waals surface area (Å²) in [5.74, 6) is -0.0811. The van der Waals surface area contributed by atoms with Crippen molar-refractivity contribution in [1.29, 1.82) is 5.26 Å². The molecule has 0 saturated carbocycles. The number of carbonyl (C=O) groups is 1. The number of nitrogens with zero attached hydrogens (tertiary/aromatic N) is 2. The van der Waals surface area contributed by atoms with Gasteiger partial charge in [0, 0.05) is 25.2 Å². The van der Waals surface area contributed by atoms with Gasteiger partial charge >= 0.3 is 0 Å². The van der Waals surface area contributed by atoms with Gasteiger partial charge in [0.1, 0.15) is 0 Å². The van der Waals surface area contributed by atoms with Gasteiger partial charge in [0.15, 0.2) is 0 Å². The minimum absolute atomic E-state index is 0.00291. The predicted octanol–water partition coefficient (Wildman–Crippen LogP) is 0.977. The highest BCUT2D eigenvalue weighted by molar-refractivity contribution is 5.94. The molecule has 0 aliphatic carbocycles. The van der Waals surface area contributed by atoms with Gasteiger partial charge in [0.05, 0.1) is 11.6 Å². The van der Waals surface area contributed by atoms with E-state index in [1.807, 2.05) is 13.0 Å². The molecule has 1 rings (SSSR count). The number of amides is 1. The van der Waals surface area contributed by atoms with Crippen molar-refractivity contribution in [3.63, 3.8) is 0 Å². The molecule has 0 spiro atoms. The van der Waals surface area contributed by atoms with Crippen LogP contribution in [0.5, 0.6) is 0 Å². The number of nitriles is 1. The number of benzene rings is 1. The van der Waals surface area contributed by atoms with Crippen molar-refractivity contribution in [2.24, 2.45) is 5.73 Å². The Kier molecular flexibility index (Phi) is 4.03. The molecule has 84 valence electrons. The summed E-state index contributed by atoms with van der Waals surface area (Å²) in [5, 5.41) is 8.64. The second-order valence-corrected chi connectivity index (χ2v) is 3.69. The van der Waals surface area contributed by atoms with E-state index in [0.717, 1.165) is 0 Å². The molecule has 0 unspecified atom stereocenters. The highest BCUT2D eigenvalue weighted by Gasteiger charge is 2.15. The van der Waals surface area contributed by atoms with Crippen molar-refractivity contribution >= 4 is 5.91 Å². The van der Waals surface area contributed by atoms with Crippen LogP contribution in [0, 0.1) is 11.3 Å². The fraction of sp³-hybridized carbons (Fsp3) is 0.333. The van der Waals surface area contributed by atoms with Crippen LogP contribution < -0.4 is 5.73 Å². The fourth-order valence-corrected chi connectivity index (χ4v) is 1.25. The van der Waals surface area contributed by atoms with Crippen molar-refractivity contribution in [3.05, 3.63) is 35.4 Å². The van der Waals surface area contributed by atoms with Crippen molar-refractivity contribution in [3.8, 4) is 6.07 Å². The summed E-state index contributed by atoms with van der Waals surface area (Å²) >= 11 is 0. The lowest BCUT2D eigenvalue weighted by molar-refractivity contribution is 0.0748. The van der Waals surface area contributed by atoms with Crippen LogP contribution >= 0.6 is 0 Å². The van der Waals surface area contributed by atoms with E-state index in [0.29, 0.717) is 17.7 Å². The predicted molar refractivity (Wildman–Crippen MR) is 61.8 cm³/mol.